The summed E-state index contributed by atoms with van der Waals surface area (Å²) in [7, 11) is 0. The molecule has 7 heteroatoms. The van der Waals surface area contributed by atoms with Gasteiger partial charge in [0.05, 0.1) is 10.2 Å². The molecule has 0 atom stereocenters. The second-order valence-electron chi connectivity index (χ2n) is 2.75. The molecule has 0 fully saturated rings. The molecule has 0 bridgehead atoms. The molecule has 15 heavy (non-hydrogen) atoms. The van der Waals surface area contributed by atoms with Gasteiger partial charge in [0, 0.05) is 6.07 Å². The number of hydrogen-bond acceptors (Lipinski definition) is 3. The van der Waals surface area contributed by atoms with E-state index in [0.717, 1.165) is 6.07 Å². The molecular weight excluding hydrogens is 279 g/mol. The molecule has 0 aliphatic carbocycles. The molecule has 0 saturated heterocycles. The van der Waals surface area contributed by atoms with E-state index in [1.165, 1.54) is 6.07 Å². The van der Waals surface area contributed by atoms with Gasteiger partial charge in [-0.15, -0.1) is 0 Å². The lowest BCUT2D eigenvalue weighted by atomic mass is 10.3. The number of nitrogens with two attached hydrogens (primary N) is 1. The standard InChI is InChI=1S/C8H7BrF3NO2/c9-5-1-4(2-6(13)7(5)14)15-3-8(10,11)12/h1-2,14H,3,13H2. The fraction of sp³-hybridized carbons (Fsp3) is 0.250. The average molecular weight is 286 g/mol. The van der Waals surface area contributed by atoms with Gasteiger partial charge in [0.25, 0.3) is 0 Å². The van der Waals surface area contributed by atoms with Crippen LogP contribution in [-0.2, 0) is 0 Å². The van der Waals surface area contributed by atoms with Crippen LogP contribution in [0.5, 0.6) is 11.5 Å². The first kappa shape index (κ1) is 12.0. The Kier molecular flexibility index (Phi) is 3.33. The van der Waals surface area contributed by atoms with Crippen molar-refractivity contribution in [2.24, 2.45) is 0 Å². The van der Waals surface area contributed by atoms with Gasteiger partial charge < -0.3 is 15.6 Å². The van der Waals surface area contributed by atoms with E-state index in [9.17, 15) is 18.3 Å². The molecule has 0 aliphatic heterocycles. The van der Waals surface area contributed by atoms with Crippen LogP contribution in [0.3, 0.4) is 0 Å². The highest BCUT2D eigenvalue weighted by Crippen LogP contribution is 2.34. The molecule has 3 N–H and O–H groups in total. The van der Waals surface area contributed by atoms with E-state index in [4.69, 9.17) is 5.73 Å². The Labute approximate surface area is 91.8 Å². The van der Waals surface area contributed by atoms with Crippen molar-refractivity contribution >= 4 is 21.6 Å². The van der Waals surface area contributed by atoms with E-state index in [0.29, 0.717) is 0 Å². The summed E-state index contributed by atoms with van der Waals surface area (Å²) in [6, 6.07) is 2.32. The highest BCUT2D eigenvalue weighted by atomic mass is 79.9. The minimum absolute atomic E-state index is 0.0541. The summed E-state index contributed by atoms with van der Waals surface area (Å²) >= 11 is 2.93. The maximum absolute atomic E-state index is 11.8. The highest BCUT2D eigenvalue weighted by molar-refractivity contribution is 9.10. The second kappa shape index (κ2) is 4.18. The summed E-state index contributed by atoms with van der Waals surface area (Å²) in [5.74, 6) is -0.288. The number of phenols is 1. The van der Waals surface area contributed by atoms with E-state index in [1.807, 2.05) is 0 Å². The number of hydrogen-bond donors (Lipinski definition) is 2. The Morgan fingerprint density at radius 3 is 2.47 bits per heavy atom. The Morgan fingerprint density at radius 2 is 2.00 bits per heavy atom. The first-order valence-electron chi connectivity index (χ1n) is 3.77. The highest BCUT2D eigenvalue weighted by Gasteiger charge is 2.28. The van der Waals surface area contributed by atoms with Crippen molar-refractivity contribution in [1.82, 2.24) is 0 Å². The van der Waals surface area contributed by atoms with Crippen molar-refractivity contribution in [3.63, 3.8) is 0 Å². The van der Waals surface area contributed by atoms with Gasteiger partial charge in [-0.1, -0.05) is 0 Å². The van der Waals surface area contributed by atoms with Crippen LogP contribution in [0.4, 0.5) is 18.9 Å². The summed E-state index contributed by atoms with van der Waals surface area (Å²) in [4.78, 5) is 0. The molecular formula is C8H7BrF3NO2. The van der Waals surface area contributed by atoms with Gasteiger partial charge in [-0.25, -0.2) is 0 Å². The smallest absolute Gasteiger partial charge is 0.422 e. The number of halogens is 4. The van der Waals surface area contributed by atoms with Crippen LogP contribution in [0, 0.1) is 0 Å². The lowest BCUT2D eigenvalue weighted by molar-refractivity contribution is -0.153. The number of aromatic hydroxyl groups is 1. The number of phenolic OH excluding ortho intramolecular Hbond substituents is 1. The number of rotatable bonds is 2. The maximum Gasteiger partial charge on any atom is 0.422 e. The maximum atomic E-state index is 11.8. The third kappa shape index (κ3) is 3.50. The molecule has 0 radical (unpaired) electrons. The zero-order valence-electron chi connectivity index (χ0n) is 7.31. The summed E-state index contributed by atoms with van der Waals surface area (Å²) < 4.78 is 40.0. The lowest BCUT2D eigenvalue weighted by Crippen LogP contribution is -2.19. The number of anilines is 1. The molecule has 0 amide bonds. The minimum Gasteiger partial charge on any atom is -0.505 e. The number of alkyl halides is 3. The molecule has 1 aromatic rings. The third-order valence-electron chi connectivity index (χ3n) is 1.47. The van der Waals surface area contributed by atoms with Gasteiger partial charge in [0.2, 0.25) is 0 Å². The third-order valence-corrected chi connectivity index (χ3v) is 2.07. The van der Waals surface area contributed by atoms with Crippen molar-refractivity contribution in [2.75, 3.05) is 12.3 Å². The van der Waals surface area contributed by atoms with E-state index < -0.39 is 12.8 Å². The molecule has 0 unspecified atom stereocenters. The van der Waals surface area contributed by atoms with Crippen molar-refractivity contribution in [3.05, 3.63) is 16.6 Å². The SMILES string of the molecule is Nc1cc(OCC(F)(F)F)cc(Br)c1O. The summed E-state index contributed by atoms with van der Waals surface area (Å²) in [6.45, 7) is -1.40. The molecule has 0 spiro atoms. The van der Waals surface area contributed by atoms with E-state index >= 15 is 0 Å². The minimum atomic E-state index is -4.40. The number of ether oxygens (including phenoxy) is 1. The number of nitrogen functional groups attached to an aromatic ring is 1. The van der Waals surface area contributed by atoms with Gasteiger partial charge in [-0.05, 0) is 22.0 Å². The summed E-state index contributed by atoms with van der Waals surface area (Å²) in [5.41, 5.74) is 5.27. The van der Waals surface area contributed by atoms with Crippen LogP contribution >= 0.6 is 15.9 Å². The molecule has 0 heterocycles. The fourth-order valence-electron chi connectivity index (χ4n) is 0.843. The van der Waals surface area contributed by atoms with Crippen molar-refractivity contribution < 1.29 is 23.0 Å². The van der Waals surface area contributed by atoms with Crippen molar-refractivity contribution in [2.45, 2.75) is 6.18 Å². The monoisotopic (exact) mass is 285 g/mol. The number of benzene rings is 1. The zero-order valence-corrected chi connectivity index (χ0v) is 8.89. The topological polar surface area (TPSA) is 55.5 Å². The first-order chi connectivity index (χ1) is 6.79. The Balaban J connectivity index is 2.80. The Morgan fingerprint density at radius 1 is 1.40 bits per heavy atom. The first-order valence-corrected chi connectivity index (χ1v) is 4.56. The van der Waals surface area contributed by atoms with E-state index in [1.54, 1.807) is 0 Å². The molecule has 3 nitrogen and oxygen atoms in total. The van der Waals surface area contributed by atoms with Crippen LogP contribution in [-0.4, -0.2) is 17.9 Å². The fourth-order valence-corrected chi connectivity index (χ4v) is 1.30. The largest absolute Gasteiger partial charge is 0.505 e. The van der Waals surface area contributed by atoms with Crippen LogP contribution in [0.15, 0.2) is 16.6 Å². The lowest BCUT2D eigenvalue weighted by Gasteiger charge is -2.10. The van der Waals surface area contributed by atoms with Crippen LogP contribution in [0.1, 0.15) is 0 Å². The summed E-state index contributed by atoms with van der Waals surface area (Å²) in [5, 5.41) is 9.21. The molecule has 0 saturated carbocycles. The summed E-state index contributed by atoms with van der Waals surface area (Å²) in [6.07, 6.45) is -4.40. The van der Waals surface area contributed by atoms with Gasteiger partial charge in [0.15, 0.2) is 12.4 Å². The quantitative estimate of drug-likeness (QED) is 0.649. The van der Waals surface area contributed by atoms with Crippen LogP contribution < -0.4 is 10.5 Å². The second-order valence-corrected chi connectivity index (χ2v) is 3.60. The molecule has 1 rings (SSSR count). The van der Waals surface area contributed by atoms with Gasteiger partial charge >= 0.3 is 6.18 Å². The van der Waals surface area contributed by atoms with Gasteiger partial charge in [0.1, 0.15) is 5.75 Å². The van der Waals surface area contributed by atoms with E-state index in [2.05, 4.69) is 20.7 Å². The Hall–Kier alpha value is -1.11. The molecule has 0 aliphatic rings. The predicted molar refractivity (Wildman–Crippen MR) is 51.8 cm³/mol. The average Bonchev–Trinajstić information content (AvgIpc) is 2.09. The van der Waals surface area contributed by atoms with Crippen molar-refractivity contribution in [3.8, 4) is 11.5 Å². The van der Waals surface area contributed by atoms with Gasteiger partial charge in [-0.2, -0.15) is 13.2 Å². The normalized spacial score (nSPS) is 11.5. The van der Waals surface area contributed by atoms with Crippen LogP contribution in [0.25, 0.3) is 0 Å². The van der Waals surface area contributed by atoms with Crippen molar-refractivity contribution in [1.29, 1.82) is 0 Å². The zero-order chi connectivity index (χ0) is 11.6. The Bertz CT molecular complexity index is 344. The molecule has 84 valence electrons. The van der Waals surface area contributed by atoms with Gasteiger partial charge in [-0.3, -0.25) is 0 Å². The van der Waals surface area contributed by atoms with E-state index in [-0.39, 0.29) is 21.7 Å². The molecule has 0 aromatic heterocycles. The van der Waals surface area contributed by atoms with Crippen LogP contribution in [0.2, 0.25) is 0 Å². The predicted octanol–water partition coefficient (Wildman–Crippen LogP) is 2.68. The molecule has 1 aromatic carbocycles.